The molecule has 48 heavy (non-hydrogen) atoms. The van der Waals surface area contributed by atoms with Crippen LogP contribution in [0.1, 0.15) is 34.8 Å². The minimum atomic E-state index is -0.505. The molecule has 5 rings (SSSR count). The van der Waals surface area contributed by atoms with Gasteiger partial charge in [0.2, 0.25) is 5.91 Å². The van der Waals surface area contributed by atoms with E-state index in [2.05, 4.69) is 16.0 Å². The Hall–Kier alpha value is -5.31. The van der Waals surface area contributed by atoms with Gasteiger partial charge in [-0.1, -0.05) is 97.4 Å². The van der Waals surface area contributed by atoms with E-state index in [1.807, 2.05) is 79.7 Å². The van der Waals surface area contributed by atoms with Crippen LogP contribution in [0.25, 0.3) is 6.08 Å². The zero-order chi connectivity index (χ0) is 33.7. The molecule has 0 saturated heterocycles. The van der Waals surface area contributed by atoms with Gasteiger partial charge < -0.3 is 20.7 Å². The maximum Gasteiger partial charge on any atom is 0.272 e. The maximum absolute atomic E-state index is 13.6. The molecule has 0 saturated carbocycles. The fraction of sp³-hybridized carbons (Fsp3) is 0.103. The van der Waals surface area contributed by atoms with Crippen LogP contribution in [-0.2, 0) is 16.2 Å². The fourth-order valence-corrected chi connectivity index (χ4v) is 5.81. The summed E-state index contributed by atoms with van der Waals surface area (Å²) in [6, 6.07) is 40.1. The molecule has 242 valence electrons. The van der Waals surface area contributed by atoms with Gasteiger partial charge in [-0.2, -0.15) is 0 Å². The van der Waals surface area contributed by atoms with Crippen LogP contribution in [-0.4, -0.2) is 23.0 Å². The van der Waals surface area contributed by atoms with Gasteiger partial charge in [-0.25, -0.2) is 0 Å². The molecule has 1 unspecified atom stereocenters. The highest BCUT2D eigenvalue weighted by atomic mass is 35.5. The Labute approximate surface area is 289 Å². The quantitative estimate of drug-likeness (QED) is 0.0856. The maximum atomic E-state index is 13.6. The molecule has 0 spiro atoms. The van der Waals surface area contributed by atoms with Gasteiger partial charge in [0.1, 0.15) is 18.1 Å². The van der Waals surface area contributed by atoms with E-state index in [1.54, 1.807) is 66.7 Å². The van der Waals surface area contributed by atoms with Crippen LogP contribution < -0.4 is 20.7 Å². The van der Waals surface area contributed by atoms with Gasteiger partial charge in [-0.05, 0) is 78.2 Å². The summed E-state index contributed by atoms with van der Waals surface area (Å²) in [4.78, 5) is 40.6. The van der Waals surface area contributed by atoms with Crippen molar-refractivity contribution < 1.29 is 19.1 Å². The van der Waals surface area contributed by atoms with E-state index in [0.717, 1.165) is 10.5 Å². The average Bonchev–Trinajstić information content (AvgIpc) is 3.12. The van der Waals surface area contributed by atoms with Crippen molar-refractivity contribution in [1.82, 2.24) is 5.32 Å². The van der Waals surface area contributed by atoms with Gasteiger partial charge in [0.25, 0.3) is 11.8 Å². The third-order valence-electron chi connectivity index (χ3n) is 7.13. The number of nitrogens with one attached hydrogen (secondary N) is 3. The Kier molecular flexibility index (Phi) is 12.1. The molecule has 0 aliphatic heterocycles. The topological polar surface area (TPSA) is 96.5 Å². The number of anilines is 2. The van der Waals surface area contributed by atoms with Gasteiger partial charge >= 0.3 is 0 Å². The number of amides is 3. The fourth-order valence-electron chi connectivity index (χ4n) is 4.62. The number of benzene rings is 5. The van der Waals surface area contributed by atoms with Crippen molar-refractivity contribution in [2.45, 2.75) is 30.1 Å². The van der Waals surface area contributed by atoms with Crippen molar-refractivity contribution in [2.75, 3.05) is 10.6 Å². The van der Waals surface area contributed by atoms with E-state index in [9.17, 15) is 14.4 Å². The molecule has 3 amide bonds. The smallest absolute Gasteiger partial charge is 0.272 e. The van der Waals surface area contributed by atoms with Crippen LogP contribution in [0.3, 0.4) is 0 Å². The SMILES string of the molecule is CCC(Sc1cccc(NC(=O)/C(=C/c2ccc(OCc3ccccc3)cc2)NC(=O)c2ccccc2)c1)C(=O)Nc1ccccc1Cl. The Morgan fingerprint density at radius 1 is 0.792 bits per heavy atom. The Morgan fingerprint density at radius 3 is 2.19 bits per heavy atom. The highest BCUT2D eigenvalue weighted by molar-refractivity contribution is 8.00. The summed E-state index contributed by atoms with van der Waals surface area (Å²) in [5.74, 6) is -0.417. The van der Waals surface area contributed by atoms with E-state index in [1.165, 1.54) is 11.8 Å². The summed E-state index contributed by atoms with van der Waals surface area (Å²) in [5.41, 5.74) is 3.29. The monoisotopic (exact) mass is 675 g/mol. The van der Waals surface area contributed by atoms with E-state index in [0.29, 0.717) is 46.3 Å². The number of halogens is 1. The number of ether oxygens (including phenoxy) is 1. The van der Waals surface area contributed by atoms with Crippen LogP contribution in [0, 0.1) is 0 Å². The van der Waals surface area contributed by atoms with Gasteiger partial charge in [0.15, 0.2) is 0 Å². The Morgan fingerprint density at radius 2 is 1.48 bits per heavy atom. The lowest BCUT2D eigenvalue weighted by atomic mass is 10.1. The molecule has 3 N–H and O–H groups in total. The van der Waals surface area contributed by atoms with Crippen LogP contribution >= 0.6 is 23.4 Å². The van der Waals surface area contributed by atoms with E-state index in [4.69, 9.17) is 16.3 Å². The lowest BCUT2D eigenvalue weighted by molar-refractivity contribution is -0.116. The molecular weight excluding hydrogens is 642 g/mol. The second kappa shape index (κ2) is 17.0. The molecular formula is C39H34ClN3O4S. The number of rotatable bonds is 13. The number of hydrogen-bond acceptors (Lipinski definition) is 5. The summed E-state index contributed by atoms with van der Waals surface area (Å²) in [5, 5.41) is 8.64. The molecule has 0 fully saturated rings. The van der Waals surface area contributed by atoms with Crippen LogP contribution in [0.4, 0.5) is 11.4 Å². The highest BCUT2D eigenvalue weighted by Gasteiger charge is 2.20. The van der Waals surface area contributed by atoms with Crippen molar-refractivity contribution in [3.63, 3.8) is 0 Å². The minimum Gasteiger partial charge on any atom is -0.489 e. The normalized spacial score (nSPS) is 11.7. The highest BCUT2D eigenvalue weighted by Crippen LogP contribution is 2.30. The summed E-state index contributed by atoms with van der Waals surface area (Å²) < 4.78 is 5.89. The lowest BCUT2D eigenvalue weighted by Crippen LogP contribution is -2.30. The Balaban J connectivity index is 1.30. The number of carbonyl (C=O) groups excluding carboxylic acids is 3. The molecule has 0 heterocycles. The number of thioether (sulfide) groups is 1. The third kappa shape index (κ3) is 9.84. The molecule has 0 bridgehead atoms. The van der Waals surface area contributed by atoms with Crippen molar-refractivity contribution in [1.29, 1.82) is 0 Å². The number of carbonyl (C=O) groups is 3. The van der Waals surface area contributed by atoms with Crippen LogP contribution in [0.2, 0.25) is 5.02 Å². The minimum absolute atomic E-state index is 0.0606. The summed E-state index contributed by atoms with van der Waals surface area (Å²) in [7, 11) is 0. The Bertz CT molecular complexity index is 1880. The lowest BCUT2D eigenvalue weighted by Gasteiger charge is -2.16. The van der Waals surface area contributed by atoms with E-state index < -0.39 is 17.1 Å². The predicted molar refractivity (Wildman–Crippen MR) is 194 cm³/mol. The summed E-state index contributed by atoms with van der Waals surface area (Å²) in [6.07, 6.45) is 2.19. The molecule has 0 aliphatic carbocycles. The van der Waals surface area contributed by atoms with Gasteiger partial charge in [0, 0.05) is 16.1 Å². The van der Waals surface area contributed by atoms with Crippen LogP contribution in [0.5, 0.6) is 5.75 Å². The molecule has 9 heteroatoms. The van der Waals surface area contributed by atoms with E-state index >= 15 is 0 Å². The number of hydrogen-bond donors (Lipinski definition) is 3. The second-order valence-electron chi connectivity index (χ2n) is 10.7. The molecule has 5 aromatic carbocycles. The van der Waals surface area contributed by atoms with Gasteiger partial charge in [0.05, 0.1) is 16.0 Å². The first-order valence-corrected chi connectivity index (χ1v) is 16.6. The van der Waals surface area contributed by atoms with Crippen molar-refractivity contribution in [2.24, 2.45) is 0 Å². The van der Waals surface area contributed by atoms with Gasteiger partial charge in [-0.15, -0.1) is 11.8 Å². The number of para-hydroxylation sites is 1. The van der Waals surface area contributed by atoms with Crippen molar-refractivity contribution >= 4 is 58.5 Å². The first-order chi connectivity index (χ1) is 23.4. The van der Waals surface area contributed by atoms with Crippen molar-refractivity contribution in [3.05, 3.63) is 161 Å². The largest absolute Gasteiger partial charge is 0.489 e. The predicted octanol–water partition coefficient (Wildman–Crippen LogP) is 8.84. The first kappa shape index (κ1) is 34.0. The molecule has 7 nitrogen and oxygen atoms in total. The van der Waals surface area contributed by atoms with Crippen LogP contribution in [0.15, 0.2) is 144 Å². The summed E-state index contributed by atoms with van der Waals surface area (Å²) >= 11 is 7.61. The first-order valence-electron chi connectivity index (χ1n) is 15.4. The third-order valence-corrected chi connectivity index (χ3v) is 8.82. The molecule has 0 radical (unpaired) electrons. The van der Waals surface area contributed by atoms with Gasteiger partial charge in [-0.3, -0.25) is 14.4 Å². The second-order valence-corrected chi connectivity index (χ2v) is 12.4. The zero-order valence-electron chi connectivity index (χ0n) is 26.2. The van der Waals surface area contributed by atoms with Crippen molar-refractivity contribution in [3.8, 4) is 5.75 Å². The molecule has 5 aromatic rings. The standard InChI is InChI=1S/C39H34ClN3O4S/c1-2-36(39(46)42-34-19-10-9-18-33(34)40)48-32-17-11-16-30(25-32)41-38(45)35(43-37(44)29-14-7-4-8-15-29)24-27-20-22-31(23-21-27)47-26-28-12-5-3-6-13-28/h3-25,36H,2,26H2,1H3,(H,41,45)(H,42,46)(H,43,44)/b35-24-. The molecule has 0 aromatic heterocycles. The van der Waals surface area contributed by atoms with E-state index in [-0.39, 0.29) is 11.6 Å². The molecule has 1 atom stereocenters. The average molecular weight is 676 g/mol. The summed E-state index contributed by atoms with van der Waals surface area (Å²) in [6.45, 7) is 2.36. The zero-order valence-corrected chi connectivity index (χ0v) is 27.8. The molecule has 0 aliphatic rings.